The minimum Gasteiger partial charge on any atom is -0.492 e. The summed E-state index contributed by atoms with van der Waals surface area (Å²) in [5, 5.41) is 2.77. The highest BCUT2D eigenvalue weighted by Gasteiger charge is 2.25. The normalized spacial score (nSPS) is 14.6. The van der Waals surface area contributed by atoms with Crippen molar-refractivity contribution in [2.75, 3.05) is 31.0 Å². The average molecular weight is 558 g/mol. The standard InChI is InChI=1S/C27H31N3O6S2/c1-21-25(11-8-12-26(21)29-37(32,33)23-9-4-2-5-10-23)27(31)28-17-20-36-22-13-15-24(16-14-22)38(34,35)30-18-6-3-7-19-30/h2,4-5,8-16,29H,3,6-7,17-20H2,1H3,(H,28,31). The van der Waals surface area contributed by atoms with Crippen molar-refractivity contribution in [3.63, 3.8) is 0 Å². The van der Waals surface area contributed by atoms with Gasteiger partial charge in [-0.1, -0.05) is 30.7 Å². The van der Waals surface area contributed by atoms with Crippen molar-refractivity contribution in [1.29, 1.82) is 0 Å². The summed E-state index contributed by atoms with van der Waals surface area (Å²) in [6.45, 7) is 3.13. The van der Waals surface area contributed by atoms with Crippen molar-refractivity contribution in [2.24, 2.45) is 0 Å². The van der Waals surface area contributed by atoms with Crippen LogP contribution in [-0.4, -0.2) is 53.3 Å². The monoisotopic (exact) mass is 557 g/mol. The van der Waals surface area contributed by atoms with Gasteiger partial charge in [0.15, 0.2) is 0 Å². The first-order chi connectivity index (χ1) is 18.2. The van der Waals surface area contributed by atoms with Crippen molar-refractivity contribution in [3.8, 4) is 5.75 Å². The summed E-state index contributed by atoms with van der Waals surface area (Å²) in [5.74, 6) is 0.125. The molecule has 1 fully saturated rings. The Kier molecular flexibility index (Phi) is 8.70. The predicted molar refractivity (Wildman–Crippen MR) is 145 cm³/mol. The second-order valence-electron chi connectivity index (χ2n) is 8.94. The number of sulfonamides is 2. The van der Waals surface area contributed by atoms with Gasteiger partial charge in [-0.3, -0.25) is 9.52 Å². The van der Waals surface area contributed by atoms with Gasteiger partial charge in [0.25, 0.3) is 15.9 Å². The molecule has 1 aliphatic heterocycles. The fourth-order valence-corrected chi connectivity index (χ4v) is 6.85. The first kappa shape index (κ1) is 27.6. The number of benzene rings is 3. The highest BCUT2D eigenvalue weighted by Crippen LogP contribution is 2.24. The molecule has 1 aliphatic rings. The van der Waals surface area contributed by atoms with Gasteiger partial charge in [0.2, 0.25) is 10.0 Å². The number of carbonyl (C=O) groups excluding carboxylic acids is 1. The molecule has 0 aliphatic carbocycles. The van der Waals surface area contributed by atoms with Gasteiger partial charge >= 0.3 is 0 Å². The number of ether oxygens (including phenoxy) is 1. The number of nitrogens with zero attached hydrogens (tertiary/aromatic N) is 1. The number of nitrogens with one attached hydrogen (secondary N) is 2. The van der Waals surface area contributed by atoms with Crippen LogP contribution >= 0.6 is 0 Å². The zero-order chi connectivity index (χ0) is 27.2. The maximum Gasteiger partial charge on any atom is 0.261 e. The second kappa shape index (κ2) is 12.0. The lowest BCUT2D eigenvalue weighted by molar-refractivity contribution is 0.0946. The fourth-order valence-electron chi connectivity index (χ4n) is 4.19. The summed E-state index contributed by atoms with van der Waals surface area (Å²) in [4.78, 5) is 13.1. The molecule has 1 heterocycles. The van der Waals surface area contributed by atoms with Gasteiger partial charge in [0.1, 0.15) is 12.4 Å². The maximum atomic E-state index is 12.8. The van der Waals surface area contributed by atoms with E-state index in [1.807, 2.05) is 0 Å². The molecule has 0 atom stereocenters. The van der Waals surface area contributed by atoms with Gasteiger partial charge in [-0.15, -0.1) is 0 Å². The van der Waals surface area contributed by atoms with Gasteiger partial charge < -0.3 is 10.1 Å². The summed E-state index contributed by atoms with van der Waals surface area (Å²) >= 11 is 0. The minimum absolute atomic E-state index is 0.128. The summed E-state index contributed by atoms with van der Waals surface area (Å²) in [7, 11) is -7.29. The van der Waals surface area contributed by atoms with E-state index in [0.29, 0.717) is 35.7 Å². The molecule has 202 valence electrons. The molecule has 0 spiro atoms. The molecule has 38 heavy (non-hydrogen) atoms. The fraction of sp³-hybridized carbons (Fsp3) is 0.296. The zero-order valence-corrected chi connectivity index (χ0v) is 22.7. The molecule has 1 saturated heterocycles. The second-order valence-corrected chi connectivity index (χ2v) is 12.6. The van der Waals surface area contributed by atoms with Crippen LogP contribution in [0.25, 0.3) is 0 Å². The number of piperidine rings is 1. The summed E-state index contributed by atoms with van der Waals surface area (Å²) in [6.07, 6.45) is 2.80. The van der Waals surface area contributed by atoms with Crippen molar-refractivity contribution >= 4 is 31.6 Å². The Bertz CT molecular complexity index is 1470. The number of rotatable bonds is 10. The predicted octanol–water partition coefficient (Wildman–Crippen LogP) is 3.78. The van der Waals surface area contributed by atoms with Crippen molar-refractivity contribution in [1.82, 2.24) is 9.62 Å². The van der Waals surface area contributed by atoms with Crippen LogP contribution in [0.2, 0.25) is 0 Å². The third kappa shape index (κ3) is 6.53. The van der Waals surface area contributed by atoms with Gasteiger partial charge in [-0.25, -0.2) is 16.8 Å². The molecule has 1 amide bonds. The average Bonchev–Trinajstić information content (AvgIpc) is 2.93. The van der Waals surface area contributed by atoms with E-state index in [9.17, 15) is 21.6 Å². The van der Waals surface area contributed by atoms with Gasteiger partial charge in [-0.05, 0) is 73.9 Å². The van der Waals surface area contributed by atoms with Crippen LogP contribution in [0.5, 0.6) is 5.75 Å². The summed E-state index contributed by atoms with van der Waals surface area (Å²) in [6, 6.07) is 19.1. The van der Waals surface area contributed by atoms with E-state index in [-0.39, 0.29) is 28.8 Å². The molecule has 11 heteroatoms. The van der Waals surface area contributed by atoms with E-state index in [1.54, 1.807) is 55.5 Å². The van der Waals surface area contributed by atoms with Crippen molar-refractivity contribution in [2.45, 2.75) is 36.0 Å². The van der Waals surface area contributed by atoms with Gasteiger partial charge in [-0.2, -0.15) is 4.31 Å². The number of anilines is 1. The van der Waals surface area contributed by atoms with E-state index in [4.69, 9.17) is 4.74 Å². The largest absolute Gasteiger partial charge is 0.492 e. The van der Waals surface area contributed by atoms with E-state index in [0.717, 1.165) is 19.3 Å². The topological polar surface area (TPSA) is 122 Å². The first-order valence-corrected chi connectivity index (χ1v) is 15.3. The Morgan fingerprint density at radius 3 is 2.21 bits per heavy atom. The maximum absolute atomic E-state index is 12.8. The molecular formula is C27H31N3O6S2. The lowest BCUT2D eigenvalue weighted by atomic mass is 10.1. The van der Waals surface area contributed by atoms with Crippen LogP contribution < -0.4 is 14.8 Å². The van der Waals surface area contributed by atoms with Crippen LogP contribution in [0.4, 0.5) is 5.69 Å². The first-order valence-electron chi connectivity index (χ1n) is 12.4. The quantitative estimate of drug-likeness (QED) is 0.366. The lowest BCUT2D eigenvalue weighted by Gasteiger charge is -2.25. The molecule has 0 aromatic heterocycles. The van der Waals surface area contributed by atoms with E-state index in [1.165, 1.54) is 28.6 Å². The Morgan fingerprint density at radius 1 is 0.842 bits per heavy atom. The molecule has 0 saturated carbocycles. The molecule has 0 unspecified atom stereocenters. The van der Waals surface area contributed by atoms with Gasteiger partial charge in [0, 0.05) is 18.7 Å². The third-order valence-electron chi connectivity index (χ3n) is 6.31. The van der Waals surface area contributed by atoms with Crippen LogP contribution in [0.15, 0.2) is 82.6 Å². The van der Waals surface area contributed by atoms with Gasteiger partial charge in [0.05, 0.1) is 22.0 Å². The summed E-state index contributed by atoms with van der Waals surface area (Å²) < 4.78 is 60.6. The molecule has 4 rings (SSSR count). The van der Waals surface area contributed by atoms with Crippen molar-refractivity contribution < 1.29 is 26.4 Å². The van der Waals surface area contributed by atoms with Crippen molar-refractivity contribution in [3.05, 3.63) is 83.9 Å². The number of hydrogen-bond donors (Lipinski definition) is 2. The Hall–Kier alpha value is -3.41. The molecule has 0 bridgehead atoms. The molecule has 3 aromatic rings. The molecule has 2 N–H and O–H groups in total. The Balaban J connectivity index is 1.31. The van der Waals surface area contributed by atoms with Crippen LogP contribution in [0, 0.1) is 6.92 Å². The minimum atomic E-state index is -3.79. The van der Waals surface area contributed by atoms with E-state index >= 15 is 0 Å². The number of hydrogen-bond acceptors (Lipinski definition) is 6. The highest BCUT2D eigenvalue weighted by molar-refractivity contribution is 7.92. The summed E-state index contributed by atoms with van der Waals surface area (Å²) in [5.41, 5.74) is 1.15. The van der Waals surface area contributed by atoms with Crippen LogP contribution in [0.3, 0.4) is 0 Å². The van der Waals surface area contributed by atoms with E-state index < -0.39 is 20.0 Å². The highest BCUT2D eigenvalue weighted by atomic mass is 32.2. The van der Waals surface area contributed by atoms with Crippen LogP contribution in [-0.2, 0) is 20.0 Å². The number of amides is 1. The third-order valence-corrected chi connectivity index (χ3v) is 9.60. The lowest BCUT2D eigenvalue weighted by Crippen LogP contribution is -2.35. The molecule has 0 radical (unpaired) electrons. The smallest absolute Gasteiger partial charge is 0.261 e. The number of carbonyl (C=O) groups is 1. The molecule has 3 aromatic carbocycles. The molecular weight excluding hydrogens is 526 g/mol. The Morgan fingerprint density at radius 2 is 1.53 bits per heavy atom. The SMILES string of the molecule is Cc1c(NS(=O)(=O)c2ccccc2)cccc1C(=O)NCCOc1ccc(S(=O)(=O)N2CCCCC2)cc1. The van der Waals surface area contributed by atoms with Crippen LogP contribution in [0.1, 0.15) is 35.2 Å². The zero-order valence-electron chi connectivity index (χ0n) is 21.1. The van der Waals surface area contributed by atoms with E-state index in [2.05, 4.69) is 10.0 Å². The Labute approximate surface area is 223 Å². The molecule has 9 nitrogen and oxygen atoms in total.